The van der Waals surface area contributed by atoms with Gasteiger partial charge in [0.1, 0.15) is 11.1 Å². The lowest BCUT2D eigenvalue weighted by molar-refractivity contribution is -0.113. The van der Waals surface area contributed by atoms with E-state index in [1.807, 2.05) is 24.3 Å². The number of carbonyl (C=O) groups is 1. The van der Waals surface area contributed by atoms with Crippen LogP contribution in [0.3, 0.4) is 0 Å². The topological polar surface area (TPSA) is 65.8 Å². The standard InChI is InChI=1S/C19H17Br2N3OS/c1-11-2-4-16-12(6-11)7-13(9-22)19(24-16)26-10-18(25)23-17-5-3-14(20)8-15(17)21/h3,5,7-8,11H,2,4,6,10H2,1H3,(H,23,25). The summed E-state index contributed by atoms with van der Waals surface area (Å²) in [6.45, 7) is 2.22. The quantitative estimate of drug-likeness (QED) is 0.583. The normalized spacial score (nSPS) is 15.8. The Labute approximate surface area is 174 Å². The van der Waals surface area contributed by atoms with E-state index in [9.17, 15) is 10.1 Å². The zero-order valence-corrected chi connectivity index (χ0v) is 18.2. The molecule has 4 nitrogen and oxygen atoms in total. The summed E-state index contributed by atoms with van der Waals surface area (Å²) in [6, 6.07) is 9.74. The molecule has 0 saturated carbocycles. The Balaban J connectivity index is 1.69. The summed E-state index contributed by atoms with van der Waals surface area (Å²) in [4.78, 5) is 17.0. The summed E-state index contributed by atoms with van der Waals surface area (Å²) in [5, 5.41) is 13.0. The van der Waals surface area contributed by atoms with Crippen molar-refractivity contribution in [2.24, 2.45) is 5.92 Å². The fourth-order valence-corrected chi connectivity index (χ4v) is 4.85. The molecule has 134 valence electrons. The van der Waals surface area contributed by atoms with Crippen LogP contribution in [-0.4, -0.2) is 16.6 Å². The third-order valence-electron chi connectivity index (χ3n) is 4.26. The Morgan fingerprint density at radius 3 is 2.96 bits per heavy atom. The molecule has 1 amide bonds. The average molecular weight is 495 g/mol. The molecule has 7 heteroatoms. The number of halogens is 2. The SMILES string of the molecule is CC1CCc2nc(SCC(=O)Nc3ccc(Br)cc3Br)c(C#N)cc2C1. The number of rotatable bonds is 4. The van der Waals surface area contributed by atoms with Crippen LogP contribution >= 0.6 is 43.6 Å². The minimum Gasteiger partial charge on any atom is -0.324 e. The molecule has 1 heterocycles. The molecule has 1 aromatic carbocycles. The number of nitrogens with zero attached hydrogens (tertiary/aromatic N) is 2. The molecular weight excluding hydrogens is 478 g/mol. The third-order valence-corrected chi connectivity index (χ3v) is 6.40. The Bertz CT molecular complexity index is 895. The number of nitriles is 1. The zero-order chi connectivity index (χ0) is 18.7. The highest BCUT2D eigenvalue weighted by molar-refractivity contribution is 9.11. The maximum absolute atomic E-state index is 12.3. The second-order valence-corrected chi connectivity index (χ2v) is 9.10. The van der Waals surface area contributed by atoms with Gasteiger partial charge in [-0.15, -0.1) is 0 Å². The average Bonchev–Trinajstić information content (AvgIpc) is 2.61. The van der Waals surface area contributed by atoms with Gasteiger partial charge in [0.05, 0.1) is 17.0 Å². The van der Waals surface area contributed by atoms with Crippen LogP contribution < -0.4 is 5.32 Å². The molecule has 0 fully saturated rings. The number of carbonyl (C=O) groups excluding carboxylic acids is 1. The molecular formula is C19H17Br2N3OS. The van der Waals surface area contributed by atoms with Crippen molar-refractivity contribution in [1.82, 2.24) is 4.98 Å². The Morgan fingerprint density at radius 2 is 2.23 bits per heavy atom. The number of anilines is 1. The van der Waals surface area contributed by atoms with Crippen molar-refractivity contribution >= 4 is 55.2 Å². The van der Waals surface area contributed by atoms with Gasteiger partial charge in [0.15, 0.2) is 0 Å². The lowest BCUT2D eigenvalue weighted by Gasteiger charge is -2.21. The molecule has 26 heavy (non-hydrogen) atoms. The van der Waals surface area contributed by atoms with E-state index >= 15 is 0 Å². The number of hydrogen-bond acceptors (Lipinski definition) is 4. The number of fused-ring (bicyclic) bond motifs is 1. The largest absolute Gasteiger partial charge is 0.324 e. The van der Waals surface area contributed by atoms with Crippen LogP contribution in [0.25, 0.3) is 0 Å². The van der Waals surface area contributed by atoms with E-state index in [1.165, 1.54) is 17.3 Å². The summed E-state index contributed by atoms with van der Waals surface area (Å²) in [5.41, 5.74) is 3.51. The second kappa shape index (κ2) is 8.55. The van der Waals surface area contributed by atoms with E-state index in [0.717, 1.165) is 33.9 Å². The van der Waals surface area contributed by atoms with Gasteiger partial charge in [0, 0.05) is 14.6 Å². The minimum atomic E-state index is -0.130. The first-order valence-corrected chi connectivity index (χ1v) is 10.8. The smallest absolute Gasteiger partial charge is 0.234 e. The van der Waals surface area contributed by atoms with Crippen LogP contribution in [0.4, 0.5) is 5.69 Å². The van der Waals surface area contributed by atoms with E-state index in [4.69, 9.17) is 0 Å². The van der Waals surface area contributed by atoms with Crippen LogP contribution in [-0.2, 0) is 17.6 Å². The van der Waals surface area contributed by atoms with E-state index in [1.54, 1.807) is 0 Å². The molecule has 0 bridgehead atoms. The van der Waals surface area contributed by atoms with Gasteiger partial charge < -0.3 is 5.32 Å². The first-order chi connectivity index (χ1) is 12.5. The van der Waals surface area contributed by atoms with Gasteiger partial charge in [-0.25, -0.2) is 4.98 Å². The molecule has 1 unspecified atom stereocenters. The van der Waals surface area contributed by atoms with E-state index < -0.39 is 0 Å². The van der Waals surface area contributed by atoms with Crippen molar-refractivity contribution in [3.63, 3.8) is 0 Å². The molecule has 3 rings (SSSR count). The highest BCUT2D eigenvalue weighted by atomic mass is 79.9. The van der Waals surface area contributed by atoms with Crippen molar-refractivity contribution in [1.29, 1.82) is 5.26 Å². The van der Waals surface area contributed by atoms with Gasteiger partial charge in [-0.05, 0) is 70.9 Å². The maximum atomic E-state index is 12.3. The number of amides is 1. The van der Waals surface area contributed by atoms with Crippen molar-refractivity contribution in [3.8, 4) is 6.07 Å². The monoisotopic (exact) mass is 493 g/mol. The molecule has 1 N–H and O–H groups in total. The number of thioether (sulfide) groups is 1. The molecule has 0 saturated heterocycles. The van der Waals surface area contributed by atoms with Crippen molar-refractivity contribution in [2.75, 3.05) is 11.1 Å². The first kappa shape index (κ1) is 19.4. The number of benzene rings is 1. The van der Waals surface area contributed by atoms with Gasteiger partial charge in [-0.3, -0.25) is 4.79 Å². The van der Waals surface area contributed by atoms with Gasteiger partial charge >= 0.3 is 0 Å². The molecule has 0 aliphatic heterocycles. The van der Waals surface area contributed by atoms with Crippen LogP contribution in [0, 0.1) is 17.2 Å². The fraction of sp³-hybridized carbons (Fsp3) is 0.316. The lowest BCUT2D eigenvalue weighted by Crippen LogP contribution is -2.16. The molecule has 1 aliphatic carbocycles. The molecule has 1 aliphatic rings. The predicted octanol–water partition coefficient (Wildman–Crippen LogP) is 5.33. The van der Waals surface area contributed by atoms with Gasteiger partial charge in [-0.2, -0.15) is 5.26 Å². The number of nitrogens with one attached hydrogen (secondary N) is 1. The number of aromatic nitrogens is 1. The van der Waals surface area contributed by atoms with Crippen LogP contribution in [0.2, 0.25) is 0 Å². The number of aryl methyl sites for hydroxylation is 1. The third kappa shape index (κ3) is 4.67. The summed E-state index contributed by atoms with van der Waals surface area (Å²) in [5.74, 6) is 0.707. The van der Waals surface area contributed by atoms with Crippen LogP contribution in [0.5, 0.6) is 0 Å². The van der Waals surface area contributed by atoms with E-state index in [-0.39, 0.29) is 11.7 Å². The summed E-state index contributed by atoms with van der Waals surface area (Å²) in [7, 11) is 0. The molecule has 1 atom stereocenters. The summed E-state index contributed by atoms with van der Waals surface area (Å²) < 4.78 is 1.74. The fourth-order valence-electron chi connectivity index (χ4n) is 2.93. The molecule has 0 radical (unpaired) electrons. The molecule has 0 spiro atoms. The molecule has 1 aromatic heterocycles. The minimum absolute atomic E-state index is 0.130. The van der Waals surface area contributed by atoms with Gasteiger partial charge in [0.25, 0.3) is 0 Å². The van der Waals surface area contributed by atoms with Gasteiger partial charge in [-0.1, -0.05) is 34.6 Å². The van der Waals surface area contributed by atoms with E-state index in [2.05, 4.69) is 55.2 Å². The highest BCUT2D eigenvalue weighted by Crippen LogP contribution is 2.30. The van der Waals surface area contributed by atoms with Gasteiger partial charge in [0.2, 0.25) is 5.91 Å². The highest BCUT2D eigenvalue weighted by Gasteiger charge is 2.20. The Hall–Kier alpha value is -1.36. The maximum Gasteiger partial charge on any atom is 0.234 e. The zero-order valence-electron chi connectivity index (χ0n) is 14.2. The Morgan fingerprint density at radius 1 is 1.42 bits per heavy atom. The lowest BCUT2D eigenvalue weighted by atomic mass is 9.87. The van der Waals surface area contributed by atoms with Crippen molar-refractivity contribution < 1.29 is 4.79 Å². The summed E-state index contributed by atoms with van der Waals surface area (Å²) in [6.07, 6.45) is 3.03. The summed E-state index contributed by atoms with van der Waals surface area (Å²) >= 11 is 8.13. The predicted molar refractivity (Wildman–Crippen MR) is 111 cm³/mol. The van der Waals surface area contributed by atoms with Crippen LogP contribution in [0.15, 0.2) is 38.2 Å². The van der Waals surface area contributed by atoms with Crippen molar-refractivity contribution in [2.45, 2.75) is 31.2 Å². The van der Waals surface area contributed by atoms with Crippen molar-refractivity contribution in [3.05, 3.63) is 50.0 Å². The Kier molecular flexibility index (Phi) is 6.38. The second-order valence-electron chi connectivity index (χ2n) is 6.37. The number of pyridine rings is 1. The first-order valence-electron chi connectivity index (χ1n) is 8.27. The van der Waals surface area contributed by atoms with E-state index in [0.29, 0.717) is 22.2 Å². The molecule has 2 aromatic rings. The van der Waals surface area contributed by atoms with Crippen LogP contribution in [0.1, 0.15) is 30.2 Å². The number of hydrogen-bond donors (Lipinski definition) is 1.